The van der Waals surface area contributed by atoms with Crippen LogP contribution in [0, 0.1) is 6.92 Å². The molecule has 2 N–H and O–H groups in total. The third kappa shape index (κ3) is 2.92. The average molecular weight is 264 g/mol. The molecular weight excluding hydrogens is 246 g/mol. The topological polar surface area (TPSA) is 43.8 Å². The summed E-state index contributed by atoms with van der Waals surface area (Å²) >= 11 is 6.03. The fraction of sp³-hybridized carbons (Fsp3) is 0.357. The van der Waals surface area contributed by atoms with Crippen LogP contribution in [0.25, 0.3) is 0 Å². The van der Waals surface area contributed by atoms with Crippen molar-refractivity contribution in [3.63, 3.8) is 0 Å². The van der Waals surface area contributed by atoms with Crippen LogP contribution in [0.2, 0.25) is 5.02 Å². The van der Waals surface area contributed by atoms with Crippen LogP contribution in [-0.2, 0) is 13.5 Å². The molecule has 0 aliphatic carbocycles. The lowest BCUT2D eigenvalue weighted by Crippen LogP contribution is -2.16. The minimum atomic E-state index is 0.276. The van der Waals surface area contributed by atoms with E-state index in [-0.39, 0.29) is 5.92 Å². The van der Waals surface area contributed by atoms with E-state index in [2.05, 4.69) is 17.2 Å². The van der Waals surface area contributed by atoms with Gasteiger partial charge in [-0.2, -0.15) is 5.10 Å². The van der Waals surface area contributed by atoms with E-state index in [9.17, 15) is 0 Å². The van der Waals surface area contributed by atoms with Gasteiger partial charge in [-0.25, -0.2) is 0 Å². The number of halogens is 1. The fourth-order valence-electron chi connectivity index (χ4n) is 2.21. The van der Waals surface area contributed by atoms with Gasteiger partial charge in [-0.05, 0) is 43.7 Å². The smallest absolute Gasteiger partial charge is 0.0596 e. The molecule has 2 aromatic rings. The molecule has 0 saturated heterocycles. The lowest BCUT2D eigenvalue weighted by Gasteiger charge is -2.15. The van der Waals surface area contributed by atoms with E-state index in [0.717, 1.165) is 17.1 Å². The van der Waals surface area contributed by atoms with Crippen molar-refractivity contribution in [3.05, 3.63) is 52.3 Å². The van der Waals surface area contributed by atoms with E-state index in [0.29, 0.717) is 6.54 Å². The first-order valence-corrected chi connectivity index (χ1v) is 6.43. The highest BCUT2D eigenvalue weighted by molar-refractivity contribution is 6.30. The average Bonchev–Trinajstić information content (AvgIpc) is 2.64. The van der Waals surface area contributed by atoms with Crippen molar-refractivity contribution in [2.24, 2.45) is 12.8 Å². The summed E-state index contributed by atoms with van der Waals surface area (Å²) in [6.45, 7) is 2.60. The molecule has 4 heteroatoms. The molecule has 1 aromatic heterocycles. The molecule has 0 spiro atoms. The van der Waals surface area contributed by atoms with Crippen LogP contribution < -0.4 is 5.73 Å². The number of hydrogen-bond donors (Lipinski definition) is 1. The number of hydrogen-bond acceptors (Lipinski definition) is 2. The van der Waals surface area contributed by atoms with Crippen molar-refractivity contribution >= 4 is 11.6 Å². The number of nitrogens with two attached hydrogens (primary N) is 1. The van der Waals surface area contributed by atoms with E-state index in [1.165, 1.54) is 11.3 Å². The summed E-state index contributed by atoms with van der Waals surface area (Å²) in [5.74, 6) is 0.276. The standard InChI is InChI=1S/C14H18ClN3/c1-10-6-14(18(2)17-10)8-12(9-16)11-4-3-5-13(15)7-11/h3-7,12H,8-9,16H2,1-2H3. The van der Waals surface area contributed by atoms with E-state index in [1.807, 2.05) is 36.9 Å². The SMILES string of the molecule is Cc1cc(CC(CN)c2cccc(Cl)c2)n(C)n1. The first-order chi connectivity index (χ1) is 8.60. The Morgan fingerprint density at radius 2 is 2.17 bits per heavy atom. The van der Waals surface area contributed by atoms with Gasteiger partial charge in [0, 0.05) is 23.7 Å². The zero-order chi connectivity index (χ0) is 13.1. The number of benzene rings is 1. The highest BCUT2D eigenvalue weighted by Crippen LogP contribution is 2.22. The Morgan fingerprint density at radius 3 is 2.72 bits per heavy atom. The van der Waals surface area contributed by atoms with Crippen LogP contribution in [0.1, 0.15) is 22.9 Å². The predicted octanol–water partition coefficient (Wildman–Crippen LogP) is 2.67. The van der Waals surface area contributed by atoms with Gasteiger partial charge in [-0.1, -0.05) is 23.7 Å². The number of aromatic nitrogens is 2. The molecule has 0 amide bonds. The number of rotatable bonds is 4. The molecule has 0 radical (unpaired) electrons. The van der Waals surface area contributed by atoms with Gasteiger partial charge in [0.2, 0.25) is 0 Å². The maximum atomic E-state index is 6.03. The highest BCUT2D eigenvalue weighted by atomic mass is 35.5. The first-order valence-electron chi connectivity index (χ1n) is 6.05. The van der Waals surface area contributed by atoms with Gasteiger partial charge in [0.1, 0.15) is 0 Å². The van der Waals surface area contributed by atoms with Gasteiger partial charge in [0.25, 0.3) is 0 Å². The Morgan fingerprint density at radius 1 is 1.39 bits per heavy atom. The molecule has 18 heavy (non-hydrogen) atoms. The van der Waals surface area contributed by atoms with Crippen LogP contribution in [0.15, 0.2) is 30.3 Å². The summed E-state index contributed by atoms with van der Waals surface area (Å²) < 4.78 is 1.92. The molecule has 3 nitrogen and oxygen atoms in total. The van der Waals surface area contributed by atoms with Crippen LogP contribution >= 0.6 is 11.6 Å². The molecule has 0 bridgehead atoms. The van der Waals surface area contributed by atoms with Crippen molar-refractivity contribution < 1.29 is 0 Å². The Labute approximate surface area is 113 Å². The van der Waals surface area contributed by atoms with Gasteiger partial charge in [0.15, 0.2) is 0 Å². The largest absolute Gasteiger partial charge is 0.330 e. The Bertz CT molecular complexity index is 534. The minimum Gasteiger partial charge on any atom is -0.330 e. The van der Waals surface area contributed by atoms with E-state index in [1.54, 1.807) is 0 Å². The zero-order valence-electron chi connectivity index (χ0n) is 10.7. The van der Waals surface area contributed by atoms with E-state index < -0.39 is 0 Å². The zero-order valence-corrected chi connectivity index (χ0v) is 11.5. The van der Waals surface area contributed by atoms with Crippen LogP contribution in [0.3, 0.4) is 0 Å². The Hall–Kier alpha value is -1.32. The Balaban J connectivity index is 2.22. The van der Waals surface area contributed by atoms with Crippen LogP contribution in [0.4, 0.5) is 0 Å². The normalized spacial score (nSPS) is 12.7. The molecular formula is C14H18ClN3. The third-order valence-corrected chi connectivity index (χ3v) is 3.39. The molecule has 1 atom stereocenters. The fourth-order valence-corrected chi connectivity index (χ4v) is 2.40. The minimum absolute atomic E-state index is 0.276. The predicted molar refractivity (Wildman–Crippen MR) is 74.9 cm³/mol. The molecule has 1 aromatic carbocycles. The van der Waals surface area contributed by atoms with Gasteiger partial charge < -0.3 is 5.73 Å². The summed E-state index contributed by atoms with van der Waals surface area (Å²) in [4.78, 5) is 0. The van der Waals surface area contributed by atoms with Gasteiger partial charge >= 0.3 is 0 Å². The summed E-state index contributed by atoms with van der Waals surface area (Å²) in [6.07, 6.45) is 0.883. The lowest BCUT2D eigenvalue weighted by atomic mass is 9.94. The molecule has 96 valence electrons. The quantitative estimate of drug-likeness (QED) is 0.922. The summed E-state index contributed by atoms with van der Waals surface area (Å²) in [7, 11) is 1.97. The van der Waals surface area contributed by atoms with Crippen molar-refractivity contribution in [3.8, 4) is 0 Å². The van der Waals surface area contributed by atoms with Crippen molar-refractivity contribution in [2.75, 3.05) is 6.54 Å². The highest BCUT2D eigenvalue weighted by Gasteiger charge is 2.13. The van der Waals surface area contributed by atoms with Gasteiger partial charge in [0.05, 0.1) is 5.69 Å². The second-order valence-electron chi connectivity index (χ2n) is 4.59. The maximum absolute atomic E-state index is 6.03. The second kappa shape index (κ2) is 5.55. The third-order valence-electron chi connectivity index (χ3n) is 3.16. The first kappa shape index (κ1) is 13.1. The summed E-state index contributed by atoms with van der Waals surface area (Å²) in [5, 5.41) is 5.12. The van der Waals surface area contributed by atoms with Gasteiger partial charge in [-0.15, -0.1) is 0 Å². The maximum Gasteiger partial charge on any atom is 0.0596 e. The lowest BCUT2D eigenvalue weighted by molar-refractivity contribution is 0.629. The molecule has 0 saturated carbocycles. The van der Waals surface area contributed by atoms with Crippen molar-refractivity contribution in [1.29, 1.82) is 0 Å². The molecule has 1 heterocycles. The molecule has 0 aliphatic heterocycles. The van der Waals surface area contributed by atoms with Crippen LogP contribution in [-0.4, -0.2) is 16.3 Å². The second-order valence-corrected chi connectivity index (χ2v) is 5.03. The van der Waals surface area contributed by atoms with Gasteiger partial charge in [-0.3, -0.25) is 4.68 Å². The number of aryl methyl sites for hydroxylation is 2. The van der Waals surface area contributed by atoms with Crippen molar-refractivity contribution in [2.45, 2.75) is 19.3 Å². The van der Waals surface area contributed by atoms with E-state index >= 15 is 0 Å². The molecule has 1 unspecified atom stereocenters. The molecule has 2 rings (SSSR count). The summed E-state index contributed by atoms with van der Waals surface area (Å²) in [5.41, 5.74) is 9.30. The monoisotopic (exact) mass is 263 g/mol. The molecule has 0 aliphatic rings. The van der Waals surface area contributed by atoms with Crippen LogP contribution in [0.5, 0.6) is 0 Å². The van der Waals surface area contributed by atoms with E-state index in [4.69, 9.17) is 17.3 Å². The number of nitrogens with zero attached hydrogens (tertiary/aromatic N) is 2. The summed E-state index contributed by atoms with van der Waals surface area (Å²) in [6, 6.07) is 10.0. The molecule has 0 fully saturated rings. The van der Waals surface area contributed by atoms with Crippen molar-refractivity contribution in [1.82, 2.24) is 9.78 Å². The Kier molecular flexibility index (Phi) is 4.04.